The Kier molecular flexibility index (Phi) is 2.07. The van der Waals surface area contributed by atoms with Crippen LogP contribution in [-0.4, -0.2) is 15.9 Å². The van der Waals surface area contributed by atoms with Gasteiger partial charge in [0.05, 0.1) is 0 Å². The molecule has 0 amide bonds. The molecule has 0 spiro atoms. The maximum absolute atomic E-state index is 13.3. The van der Waals surface area contributed by atoms with Gasteiger partial charge in [-0.15, -0.1) is 0 Å². The molecule has 0 bridgehead atoms. The second kappa shape index (κ2) is 3.29. The fraction of sp³-hybridized carbons (Fsp3) is 0.400. The first-order valence-electron chi connectivity index (χ1n) is 5.07. The van der Waals surface area contributed by atoms with E-state index in [0.717, 1.165) is 0 Å². The average molecular weight is 260 g/mol. The van der Waals surface area contributed by atoms with Crippen LogP contribution in [0, 0.1) is 0 Å². The molecule has 0 aliphatic heterocycles. The molecule has 0 aromatic carbocycles. The number of halogens is 3. The van der Waals surface area contributed by atoms with Crippen molar-refractivity contribution in [3.8, 4) is 0 Å². The quantitative estimate of drug-likeness (QED) is 0.739. The Bertz CT molecular complexity index is 611. The third-order valence-corrected chi connectivity index (χ3v) is 3.10. The Balaban J connectivity index is 2.28. The standard InChI is InChI=1S/C10H8ClF2N3O/c11-8-7-6(15-9(14)16-8)4-3-10(12,13)2-1-5(4)17-7/h1-3H2,(H2,14,15,16). The van der Waals surface area contributed by atoms with Crippen LogP contribution in [0.4, 0.5) is 14.7 Å². The minimum absolute atomic E-state index is 0.0417. The summed E-state index contributed by atoms with van der Waals surface area (Å²) in [6.07, 6.45) is -0.433. The van der Waals surface area contributed by atoms with E-state index in [1.54, 1.807) is 0 Å². The average Bonchev–Trinajstić information content (AvgIpc) is 2.55. The van der Waals surface area contributed by atoms with Gasteiger partial charge < -0.3 is 10.2 Å². The molecule has 0 saturated heterocycles. The second-order valence-corrected chi connectivity index (χ2v) is 4.44. The van der Waals surface area contributed by atoms with E-state index < -0.39 is 5.92 Å². The number of furan rings is 1. The highest BCUT2D eigenvalue weighted by atomic mass is 35.5. The summed E-state index contributed by atoms with van der Waals surface area (Å²) in [5.41, 5.74) is 6.39. The summed E-state index contributed by atoms with van der Waals surface area (Å²) in [6, 6.07) is 0. The number of anilines is 1. The van der Waals surface area contributed by atoms with Crippen LogP contribution in [-0.2, 0) is 12.8 Å². The Morgan fingerprint density at radius 2 is 2.12 bits per heavy atom. The molecule has 0 atom stereocenters. The van der Waals surface area contributed by atoms with E-state index in [4.69, 9.17) is 21.8 Å². The van der Waals surface area contributed by atoms with Gasteiger partial charge in [0.1, 0.15) is 11.3 Å². The first-order valence-corrected chi connectivity index (χ1v) is 5.45. The van der Waals surface area contributed by atoms with Gasteiger partial charge >= 0.3 is 0 Å². The zero-order valence-electron chi connectivity index (χ0n) is 8.64. The van der Waals surface area contributed by atoms with E-state index in [2.05, 4.69) is 9.97 Å². The van der Waals surface area contributed by atoms with E-state index in [-0.39, 0.29) is 35.9 Å². The molecule has 90 valence electrons. The van der Waals surface area contributed by atoms with Crippen LogP contribution < -0.4 is 5.73 Å². The predicted molar refractivity (Wildman–Crippen MR) is 58.2 cm³/mol. The number of nitrogens with two attached hydrogens (primary N) is 1. The van der Waals surface area contributed by atoms with Gasteiger partial charge in [0.2, 0.25) is 5.95 Å². The van der Waals surface area contributed by atoms with E-state index in [1.807, 2.05) is 0 Å². The smallest absolute Gasteiger partial charge is 0.252 e. The van der Waals surface area contributed by atoms with Crippen molar-refractivity contribution in [1.82, 2.24) is 9.97 Å². The molecular formula is C10H8ClF2N3O. The molecule has 2 N–H and O–H groups in total. The number of nitrogen functional groups attached to an aromatic ring is 1. The molecule has 1 aliphatic carbocycles. The Labute approximate surface area is 99.8 Å². The molecule has 0 fully saturated rings. The highest BCUT2D eigenvalue weighted by Gasteiger charge is 2.38. The number of aromatic nitrogens is 2. The van der Waals surface area contributed by atoms with Crippen molar-refractivity contribution in [2.45, 2.75) is 25.2 Å². The summed E-state index contributed by atoms with van der Waals surface area (Å²) >= 11 is 5.84. The van der Waals surface area contributed by atoms with Gasteiger partial charge in [-0.1, -0.05) is 11.6 Å². The van der Waals surface area contributed by atoms with Gasteiger partial charge in [-0.25, -0.2) is 13.8 Å². The minimum Gasteiger partial charge on any atom is -0.456 e. The number of rotatable bonds is 0. The second-order valence-electron chi connectivity index (χ2n) is 4.09. The lowest BCUT2D eigenvalue weighted by molar-refractivity contribution is -0.0140. The van der Waals surface area contributed by atoms with E-state index in [0.29, 0.717) is 16.8 Å². The van der Waals surface area contributed by atoms with Crippen molar-refractivity contribution in [3.05, 3.63) is 16.5 Å². The van der Waals surface area contributed by atoms with Gasteiger partial charge in [-0.3, -0.25) is 0 Å². The van der Waals surface area contributed by atoms with Crippen molar-refractivity contribution in [3.63, 3.8) is 0 Å². The molecular weight excluding hydrogens is 252 g/mol. The van der Waals surface area contributed by atoms with Gasteiger partial charge in [0, 0.05) is 24.8 Å². The Morgan fingerprint density at radius 3 is 2.88 bits per heavy atom. The first-order chi connectivity index (χ1) is 7.96. The number of alkyl halides is 2. The minimum atomic E-state index is -2.73. The highest BCUT2D eigenvalue weighted by Crippen LogP contribution is 2.39. The van der Waals surface area contributed by atoms with Crippen molar-refractivity contribution in [2.24, 2.45) is 0 Å². The number of hydrogen-bond donors (Lipinski definition) is 1. The number of aryl methyl sites for hydroxylation is 1. The lowest BCUT2D eigenvalue weighted by Crippen LogP contribution is -2.25. The summed E-state index contributed by atoms with van der Waals surface area (Å²) in [7, 11) is 0. The van der Waals surface area contributed by atoms with Crippen molar-refractivity contribution >= 4 is 28.6 Å². The monoisotopic (exact) mass is 259 g/mol. The van der Waals surface area contributed by atoms with Crippen molar-refractivity contribution < 1.29 is 13.2 Å². The molecule has 4 nitrogen and oxygen atoms in total. The fourth-order valence-electron chi connectivity index (χ4n) is 2.08. The van der Waals surface area contributed by atoms with E-state index in [1.165, 1.54) is 0 Å². The number of hydrogen-bond acceptors (Lipinski definition) is 4. The van der Waals surface area contributed by atoms with E-state index in [9.17, 15) is 8.78 Å². The van der Waals surface area contributed by atoms with Crippen LogP contribution in [0.5, 0.6) is 0 Å². The van der Waals surface area contributed by atoms with Gasteiger partial charge in [-0.2, -0.15) is 4.98 Å². The lowest BCUT2D eigenvalue weighted by Gasteiger charge is -2.20. The van der Waals surface area contributed by atoms with Crippen LogP contribution in [0.3, 0.4) is 0 Å². The summed E-state index contributed by atoms with van der Waals surface area (Å²) < 4.78 is 32.1. The number of fused-ring (bicyclic) bond motifs is 3. The molecule has 2 heterocycles. The maximum Gasteiger partial charge on any atom is 0.252 e. The van der Waals surface area contributed by atoms with Crippen molar-refractivity contribution in [1.29, 1.82) is 0 Å². The largest absolute Gasteiger partial charge is 0.456 e. The van der Waals surface area contributed by atoms with Crippen molar-refractivity contribution in [2.75, 3.05) is 5.73 Å². The SMILES string of the molecule is Nc1nc(Cl)c2oc3c(c2n1)CC(F)(F)CC3. The third kappa shape index (κ3) is 1.63. The molecule has 0 unspecified atom stereocenters. The molecule has 2 aromatic rings. The summed E-state index contributed by atoms with van der Waals surface area (Å²) in [5, 5.41) is 0.0604. The molecule has 17 heavy (non-hydrogen) atoms. The van der Waals surface area contributed by atoms with E-state index >= 15 is 0 Å². The summed E-state index contributed by atoms with van der Waals surface area (Å²) in [4.78, 5) is 7.66. The van der Waals surface area contributed by atoms with Crippen LogP contribution in [0.25, 0.3) is 11.1 Å². The molecule has 7 heteroatoms. The third-order valence-electron chi connectivity index (χ3n) is 2.84. The Hall–Kier alpha value is -1.43. The van der Waals surface area contributed by atoms with Gasteiger partial charge in [0.15, 0.2) is 10.7 Å². The summed E-state index contributed by atoms with van der Waals surface area (Å²) in [5.74, 6) is -2.26. The van der Waals surface area contributed by atoms with Gasteiger partial charge in [0.25, 0.3) is 5.92 Å². The van der Waals surface area contributed by atoms with Crippen LogP contribution in [0.2, 0.25) is 5.15 Å². The van der Waals surface area contributed by atoms with Gasteiger partial charge in [-0.05, 0) is 0 Å². The Morgan fingerprint density at radius 1 is 1.35 bits per heavy atom. The van der Waals surface area contributed by atoms with Crippen LogP contribution in [0.15, 0.2) is 4.42 Å². The molecule has 1 aliphatic rings. The predicted octanol–water partition coefficient (Wildman–Crippen LogP) is 2.58. The normalized spacial score (nSPS) is 18.3. The molecule has 3 rings (SSSR count). The zero-order valence-corrected chi connectivity index (χ0v) is 9.39. The summed E-state index contributed by atoms with van der Waals surface area (Å²) in [6.45, 7) is 0. The first kappa shape index (κ1) is 10.7. The maximum atomic E-state index is 13.3. The fourth-order valence-corrected chi connectivity index (χ4v) is 2.29. The topological polar surface area (TPSA) is 64.9 Å². The van der Waals surface area contributed by atoms with Crippen LogP contribution >= 0.6 is 11.6 Å². The zero-order chi connectivity index (χ0) is 12.2. The molecule has 0 radical (unpaired) electrons. The van der Waals surface area contributed by atoms with Crippen LogP contribution in [0.1, 0.15) is 17.7 Å². The number of nitrogens with zero attached hydrogens (tertiary/aromatic N) is 2. The highest BCUT2D eigenvalue weighted by molar-refractivity contribution is 6.33. The molecule has 0 saturated carbocycles. The molecule has 2 aromatic heterocycles. The lowest BCUT2D eigenvalue weighted by atomic mass is 9.94.